The summed E-state index contributed by atoms with van der Waals surface area (Å²) in [6.07, 6.45) is 0.595. The van der Waals surface area contributed by atoms with Gasteiger partial charge in [-0.15, -0.1) is 0 Å². The lowest BCUT2D eigenvalue weighted by molar-refractivity contribution is -0.132. The van der Waals surface area contributed by atoms with Crippen LogP contribution in [0.2, 0.25) is 0 Å². The molecule has 3 aliphatic rings. The molecule has 6 rings (SSSR count). The van der Waals surface area contributed by atoms with Crippen LogP contribution in [0.15, 0.2) is 78.9 Å². The molecular weight excluding hydrogens is 445 g/mol. The Labute approximate surface area is 202 Å². The minimum atomic E-state index is -1.34. The molecule has 3 heterocycles. The molecule has 0 saturated carbocycles. The summed E-state index contributed by atoms with van der Waals surface area (Å²) in [5, 5.41) is 3.46. The minimum absolute atomic E-state index is 0.234. The number of hydrogen-bond acceptors (Lipinski definition) is 4. The van der Waals surface area contributed by atoms with E-state index in [1.165, 1.54) is 17.0 Å². The molecule has 176 valence electrons. The molecule has 3 aliphatic heterocycles. The van der Waals surface area contributed by atoms with E-state index in [1.807, 2.05) is 37.3 Å². The van der Waals surface area contributed by atoms with Gasteiger partial charge in [-0.2, -0.15) is 0 Å². The Morgan fingerprint density at radius 2 is 1.57 bits per heavy atom. The average Bonchev–Trinajstić information content (AvgIpc) is 3.45. The fourth-order valence-electron chi connectivity index (χ4n) is 6.06. The van der Waals surface area contributed by atoms with Gasteiger partial charge < -0.3 is 4.90 Å². The van der Waals surface area contributed by atoms with Crippen LogP contribution < -0.4 is 15.1 Å². The van der Waals surface area contributed by atoms with Gasteiger partial charge in [-0.1, -0.05) is 55.5 Å². The van der Waals surface area contributed by atoms with Crippen molar-refractivity contribution in [3.63, 3.8) is 0 Å². The number of anilines is 2. The fraction of sp³-hybridized carbons (Fsp3) is 0.250. The smallest absolute Gasteiger partial charge is 0.253 e. The maximum atomic E-state index is 14.3. The van der Waals surface area contributed by atoms with E-state index >= 15 is 0 Å². The number of fused-ring (bicyclic) bond motifs is 4. The Hall–Kier alpha value is -3.84. The molecular formula is C28H24FN3O3. The van der Waals surface area contributed by atoms with E-state index in [2.05, 4.69) is 5.32 Å². The number of carbonyl (C=O) groups excluding carboxylic acids is 3. The molecule has 3 aromatic carbocycles. The van der Waals surface area contributed by atoms with Gasteiger partial charge in [-0.3, -0.25) is 19.7 Å². The van der Waals surface area contributed by atoms with Gasteiger partial charge >= 0.3 is 0 Å². The van der Waals surface area contributed by atoms with E-state index in [0.717, 1.165) is 5.56 Å². The Balaban J connectivity index is 1.48. The molecule has 4 atom stereocenters. The molecule has 3 amide bonds. The first-order chi connectivity index (χ1) is 17.0. The third kappa shape index (κ3) is 2.94. The number of imide groups is 1. The first-order valence-electron chi connectivity index (χ1n) is 11.8. The number of carbonyl (C=O) groups is 3. The van der Waals surface area contributed by atoms with Crippen LogP contribution in [-0.2, 0) is 26.5 Å². The zero-order valence-corrected chi connectivity index (χ0v) is 19.1. The highest BCUT2D eigenvalue weighted by molar-refractivity contribution is 6.26. The number of halogens is 1. The first-order valence-corrected chi connectivity index (χ1v) is 11.8. The lowest BCUT2D eigenvalue weighted by atomic mass is 9.76. The van der Waals surface area contributed by atoms with Crippen LogP contribution in [0.3, 0.4) is 0 Å². The summed E-state index contributed by atoms with van der Waals surface area (Å²) in [5.41, 5.74) is 1.35. The molecule has 0 bridgehead atoms. The maximum absolute atomic E-state index is 14.3. The number of nitrogens with zero attached hydrogens (tertiary/aromatic N) is 2. The van der Waals surface area contributed by atoms with Gasteiger partial charge in [0.15, 0.2) is 0 Å². The third-order valence-corrected chi connectivity index (χ3v) is 7.57. The van der Waals surface area contributed by atoms with Gasteiger partial charge in [0.25, 0.3) is 5.91 Å². The number of hydrogen-bond donors (Lipinski definition) is 1. The molecule has 0 aromatic heterocycles. The van der Waals surface area contributed by atoms with Crippen molar-refractivity contribution < 1.29 is 18.8 Å². The summed E-state index contributed by atoms with van der Waals surface area (Å²) < 4.78 is 13.5. The van der Waals surface area contributed by atoms with Gasteiger partial charge in [0.05, 0.1) is 24.1 Å². The maximum Gasteiger partial charge on any atom is 0.253 e. The molecule has 35 heavy (non-hydrogen) atoms. The highest BCUT2D eigenvalue weighted by Gasteiger charge is 2.71. The van der Waals surface area contributed by atoms with Crippen LogP contribution in [0.4, 0.5) is 15.8 Å². The number of benzene rings is 3. The van der Waals surface area contributed by atoms with Crippen molar-refractivity contribution in [1.82, 2.24) is 5.32 Å². The molecule has 1 spiro atoms. The van der Waals surface area contributed by atoms with Crippen LogP contribution in [0.5, 0.6) is 0 Å². The molecule has 0 aliphatic carbocycles. The summed E-state index contributed by atoms with van der Waals surface area (Å²) in [4.78, 5) is 44.7. The largest absolute Gasteiger partial charge is 0.306 e. The van der Waals surface area contributed by atoms with Gasteiger partial charge in [0.1, 0.15) is 11.4 Å². The lowest BCUT2D eigenvalue weighted by Crippen LogP contribution is -2.55. The van der Waals surface area contributed by atoms with Crippen molar-refractivity contribution in [2.75, 3.05) is 9.80 Å². The Kier molecular flexibility index (Phi) is 4.86. The van der Waals surface area contributed by atoms with Crippen LogP contribution >= 0.6 is 0 Å². The highest BCUT2D eigenvalue weighted by Crippen LogP contribution is 2.55. The SMILES string of the molecule is CC[C@@H]1N[C@]2(C(=O)N(Cc3ccc(F)cc3)c3ccccc32)[C@H]2C(=O)N(c3ccccc3)C(=O)[C@H]12. The highest BCUT2D eigenvalue weighted by atomic mass is 19.1. The van der Waals surface area contributed by atoms with E-state index in [1.54, 1.807) is 41.3 Å². The van der Waals surface area contributed by atoms with E-state index in [4.69, 9.17) is 0 Å². The van der Waals surface area contributed by atoms with Crippen molar-refractivity contribution >= 4 is 29.1 Å². The third-order valence-electron chi connectivity index (χ3n) is 7.57. The summed E-state index contributed by atoms with van der Waals surface area (Å²) in [6.45, 7) is 2.19. The number of amides is 3. The molecule has 0 unspecified atom stereocenters. The molecule has 2 fully saturated rings. The average molecular weight is 470 g/mol. The summed E-state index contributed by atoms with van der Waals surface area (Å²) in [5.74, 6) is -2.74. The standard InChI is InChI=1S/C28H24FN3O3/c1-2-21-23-24(26(34)32(25(23)33)19-8-4-3-5-9-19)28(30-21)20-10-6-7-11-22(20)31(27(28)35)16-17-12-14-18(29)15-13-17/h3-15,21,23-24,30H,2,16H2,1H3/t21-,23+,24+,28-/m0/s1. The van der Waals surface area contributed by atoms with Gasteiger partial charge in [-0.05, 0) is 42.3 Å². The van der Waals surface area contributed by atoms with E-state index < -0.39 is 17.4 Å². The van der Waals surface area contributed by atoms with Crippen molar-refractivity contribution in [3.05, 3.63) is 95.8 Å². The Morgan fingerprint density at radius 1 is 0.886 bits per heavy atom. The normalized spacial score (nSPS) is 27.1. The number of rotatable bonds is 4. The van der Waals surface area contributed by atoms with Gasteiger partial charge in [-0.25, -0.2) is 9.29 Å². The second-order valence-corrected chi connectivity index (χ2v) is 9.35. The summed E-state index contributed by atoms with van der Waals surface area (Å²) in [6, 6.07) is 22.0. The van der Waals surface area contributed by atoms with Crippen LogP contribution in [0.25, 0.3) is 0 Å². The monoisotopic (exact) mass is 469 g/mol. The Morgan fingerprint density at radius 3 is 2.29 bits per heavy atom. The first kappa shape index (κ1) is 21.7. The molecule has 3 aromatic rings. The van der Waals surface area contributed by atoms with E-state index in [-0.39, 0.29) is 36.1 Å². The van der Waals surface area contributed by atoms with E-state index in [0.29, 0.717) is 23.4 Å². The predicted molar refractivity (Wildman–Crippen MR) is 129 cm³/mol. The van der Waals surface area contributed by atoms with Crippen LogP contribution in [0, 0.1) is 17.7 Å². The molecule has 6 nitrogen and oxygen atoms in total. The van der Waals surface area contributed by atoms with Crippen molar-refractivity contribution in [1.29, 1.82) is 0 Å². The zero-order valence-electron chi connectivity index (χ0n) is 19.1. The Bertz CT molecular complexity index is 1340. The molecule has 2 saturated heterocycles. The second kappa shape index (κ2) is 7.85. The number of nitrogens with one attached hydrogen (secondary N) is 1. The number of para-hydroxylation sites is 2. The summed E-state index contributed by atoms with van der Waals surface area (Å²) >= 11 is 0. The minimum Gasteiger partial charge on any atom is -0.306 e. The predicted octanol–water partition coefficient (Wildman–Crippen LogP) is 3.76. The lowest BCUT2D eigenvalue weighted by Gasteiger charge is -2.30. The van der Waals surface area contributed by atoms with E-state index in [9.17, 15) is 18.8 Å². The molecule has 7 heteroatoms. The quantitative estimate of drug-likeness (QED) is 0.591. The van der Waals surface area contributed by atoms with Crippen molar-refractivity contribution in [2.45, 2.75) is 31.5 Å². The second-order valence-electron chi connectivity index (χ2n) is 9.35. The van der Waals surface area contributed by atoms with Crippen LogP contribution in [0.1, 0.15) is 24.5 Å². The van der Waals surface area contributed by atoms with Gasteiger partial charge in [0.2, 0.25) is 11.8 Å². The topological polar surface area (TPSA) is 69.7 Å². The zero-order chi connectivity index (χ0) is 24.3. The van der Waals surface area contributed by atoms with Crippen molar-refractivity contribution in [2.24, 2.45) is 11.8 Å². The molecule has 0 radical (unpaired) electrons. The van der Waals surface area contributed by atoms with Gasteiger partial charge in [0, 0.05) is 17.3 Å². The van der Waals surface area contributed by atoms with Crippen molar-refractivity contribution in [3.8, 4) is 0 Å². The van der Waals surface area contributed by atoms with Crippen LogP contribution in [-0.4, -0.2) is 23.8 Å². The molecule has 1 N–H and O–H groups in total. The summed E-state index contributed by atoms with van der Waals surface area (Å²) in [7, 11) is 0. The fourth-order valence-corrected chi connectivity index (χ4v) is 6.06.